The minimum atomic E-state index is 0.581. The summed E-state index contributed by atoms with van der Waals surface area (Å²) in [7, 11) is 3.94. The minimum Gasteiger partial charge on any atom is -0.362 e. The van der Waals surface area contributed by atoms with Gasteiger partial charge in [-0.2, -0.15) is 4.98 Å². The first-order chi connectivity index (χ1) is 9.16. The molecule has 0 aliphatic rings. The molecule has 0 fully saturated rings. The first kappa shape index (κ1) is 12.0. The van der Waals surface area contributed by atoms with E-state index in [0.29, 0.717) is 11.1 Å². The molecule has 3 rings (SSSR count). The number of anilines is 1. The van der Waals surface area contributed by atoms with Gasteiger partial charge in [-0.15, -0.1) is 0 Å². The number of halogens is 1. The van der Waals surface area contributed by atoms with Crippen LogP contribution in [0.3, 0.4) is 0 Å². The average molecular weight is 273 g/mol. The van der Waals surface area contributed by atoms with E-state index in [1.54, 1.807) is 4.57 Å². The van der Waals surface area contributed by atoms with Crippen LogP contribution in [-0.2, 0) is 0 Å². The molecule has 0 amide bonds. The summed E-state index contributed by atoms with van der Waals surface area (Å²) in [5.41, 5.74) is 0.904. The molecular weight excluding hydrogens is 260 g/mol. The van der Waals surface area contributed by atoms with Gasteiger partial charge in [0, 0.05) is 25.7 Å². The lowest BCUT2D eigenvalue weighted by molar-refractivity contribution is 0.935. The third-order valence-corrected chi connectivity index (χ3v) is 3.22. The van der Waals surface area contributed by atoms with E-state index in [4.69, 9.17) is 11.6 Å². The van der Waals surface area contributed by atoms with Crippen molar-refractivity contribution in [1.29, 1.82) is 0 Å². The van der Waals surface area contributed by atoms with Crippen molar-refractivity contribution in [2.45, 2.75) is 0 Å². The molecule has 19 heavy (non-hydrogen) atoms. The van der Waals surface area contributed by atoms with Crippen molar-refractivity contribution < 1.29 is 0 Å². The average Bonchev–Trinajstić information content (AvgIpc) is 2.83. The number of nitrogens with zero attached hydrogens (tertiary/aromatic N) is 4. The third-order valence-electron chi connectivity index (χ3n) is 2.91. The fraction of sp³-hybridized carbons (Fsp3) is 0.143. The number of benzene rings is 1. The largest absolute Gasteiger partial charge is 0.362 e. The zero-order valence-corrected chi connectivity index (χ0v) is 11.5. The molecule has 0 atom stereocenters. The predicted octanol–water partition coefficient (Wildman–Crippen LogP) is 3.14. The summed E-state index contributed by atoms with van der Waals surface area (Å²) in [6.45, 7) is 0. The van der Waals surface area contributed by atoms with Crippen LogP contribution in [0.5, 0.6) is 0 Å². The lowest BCUT2D eigenvalue weighted by Crippen LogP contribution is -2.13. The van der Waals surface area contributed by atoms with Gasteiger partial charge in [-0.25, -0.2) is 4.98 Å². The first-order valence-corrected chi connectivity index (χ1v) is 6.32. The molecular formula is C14H13ClN4. The van der Waals surface area contributed by atoms with E-state index < -0.39 is 0 Å². The Balaban J connectivity index is 2.31. The maximum absolute atomic E-state index is 6.13. The zero-order valence-electron chi connectivity index (χ0n) is 10.7. The molecule has 0 unspecified atom stereocenters. The van der Waals surface area contributed by atoms with Gasteiger partial charge in [-0.3, -0.25) is 4.57 Å². The molecule has 2 heterocycles. The molecule has 0 spiro atoms. The molecule has 0 N–H and O–H groups in total. The normalized spacial score (nSPS) is 10.9. The molecule has 0 aliphatic carbocycles. The lowest BCUT2D eigenvalue weighted by atomic mass is 10.2. The van der Waals surface area contributed by atoms with Crippen LogP contribution in [0.25, 0.3) is 16.9 Å². The number of hydrogen-bond acceptors (Lipinski definition) is 3. The molecule has 5 heteroatoms. The molecule has 0 radical (unpaired) electrons. The van der Waals surface area contributed by atoms with Gasteiger partial charge < -0.3 is 4.90 Å². The van der Waals surface area contributed by atoms with Crippen LogP contribution >= 0.6 is 11.6 Å². The quantitative estimate of drug-likeness (QED) is 0.719. The number of hydrogen-bond donors (Lipinski definition) is 0. The molecule has 3 aromatic rings. The number of rotatable bonds is 2. The van der Waals surface area contributed by atoms with Crippen molar-refractivity contribution in [2.75, 3.05) is 19.0 Å². The van der Waals surface area contributed by atoms with Crippen molar-refractivity contribution in [3.8, 4) is 5.95 Å². The molecule has 0 aliphatic heterocycles. The van der Waals surface area contributed by atoms with Gasteiger partial charge >= 0.3 is 0 Å². The monoisotopic (exact) mass is 272 g/mol. The Morgan fingerprint density at radius 1 is 1.05 bits per heavy atom. The Hall–Kier alpha value is -2.07. The number of fused-ring (bicyclic) bond motifs is 1. The second-order valence-corrected chi connectivity index (χ2v) is 4.85. The maximum atomic E-state index is 6.13. The van der Waals surface area contributed by atoms with Crippen LogP contribution < -0.4 is 4.90 Å². The standard InChI is InChI=1S/C14H13ClN4/c1-18(2)13-10-6-3-4-7-11(10)16-14(17-13)19-9-5-8-12(19)15/h3-9H,1-2H3. The van der Waals surface area contributed by atoms with Gasteiger partial charge in [0.1, 0.15) is 11.0 Å². The Labute approximate surface area is 116 Å². The maximum Gasteiger partial charge on any atom is 0.237 e. The smallest absolute Gasteiger partial charge is 0.237 e. The fourth-order valence-electron chi connectivity index (χ4n) is 2.02. The molecule has 4 nitrogen and oxygen atoms in total. The summed E-state index contributed by atoms with van der Waals surface area (Å²) in [4.78, 5) is 11.1. The molecule has 1 aromatic carbocycles. The van der Waals surface area contributed by atoms with E-state index in [1.807, 2.05) is 61.6 Å². The van der Waals surface area contributed by atoms with Gasteiger partial charge in [-0.05, 0) is 24.3 Å². The van der Waals surface area contributed by atoms with Crippen LogP contribution in [0.1, 0.15) is 0 Å². The highest BCUT2D eigenvalue weighted by atomic mass is 35.5. The predicted molar refractivity (Wildman–Crippen MR) is 78.2 cm³/mol. The SMILES string of the molecule is CN(C)c1nc(-n2cccc2Cl)nc2ccccc12. The summed E-state index contributed by atoms with van der Waals surface area (Å²) in [6.07, 6.45) is 1.85. The van der Waals surface area contributed by atoms with Gasteiger partial charge in [0.05, 0.1) is 5.52 Å². The van der Waals surface area contributed by atoms with E-state index in [1.165, 1.54) is 0 Å². The van der Waals surface area contributed by atoms with Gasteiger partial charge in [0.25, 0.3) is 0 Å². The van der Waals surface area contributed by atoms with E-state index in [-0.39, 0.29) is 0 Å². The summed E-state index contributed by atoms with van der Waals surface area (Å²) >= 11 is 6.13. The molecule has 0 saturated heterocycles. The minimum absolute atomic E-state index is 0.581. The highest BCUT2D eigenvalue weighted by Crippen LogP contribution is 2.24. The van der Waals surface area contributed by atoms with Crippen molar-refractivity contribution >= 4 is 28.3 Å². The van der Waals surface area contributed by atoms with Crippen molar-refractivity contribution in [1.82, 2.24) is 14.5 Å². The van der Waals surface area contributed by atoms with Crippen molar-refractivity contribution in [2.24, 2.45) is 0 Å². The van der Waals surface area contributed by atoms with E-state index in [2.05, 4.69) is 9.97 Å². The van der Waals surface area contributed by atoms with Gasteiger partial charge in [-0.1, -0.05) is 23.7 Å². The summed E-state index contributed by atoms with van der Waals surface area (Å²) in [5, 5.41) is 1.62. The van der Waals surface area contributed by atoms with E-state index in [0.717, 1.165) is 16.7 Å². The summed E-state index contributed by atoms with van der Waals surface area (Å²) < 4.78 is 1.76. The summed E-state index contributed by atoms with van der Waals surface area (Å²) in [5.74, 6) is 1.46. The number of aromatic nitrogens is 3. The molecule has 96 valence electrons. The topological polar surface area (TPSA) is 34.0 Å². The Kier molecular flexibility index (Phi) is 2.87. The summed E-state index contributed by atoms with van der Waals surface area (Å²) in [6, 6.07) is 11.6. The third kappa shape index (κ3) is 2.04. The Bertz CT molecular complexity index is 733. The lowest BCUT2D eigenvalue weighted by Gasteiger charge is -2.15. The Morgan fingerprint density at radius 3 is 2.53 bits per heavy atom. The van der Waals surface area contributed by atoms with Crippen LogP contribution in [-0.4, -0.2) is 28.6 Å². The van der Waals surface area contributed by atoms with Crippen LogP contribution in [0, 0.1) is 0 Å². The number of para-hydroxylation sites is 1. The fourth-order valence-corrected chi connectivity index (χ4v) is 2.22. The highest BCUT2D eigenvalue weighted by Gasteiger charge is 2.11. The molecule has 0 bridgehead atoms. The second kappa shape index (κ2) is 4.55. The van der Waals surface area contributed by atoms with E-state index >= 15 is 0 Å². The van der Waals surface area contributed by atoms with Crippen LogP contribution in [0.15, 0.2) is 42.6 Å². The van der Waals surface area contributed by atoms with E-state index in [9.17, 15) is 0 Å². The second-order valence-electron chi connectivity index (χ2n) is 4.46. The van der Waals surface area contributed by atoms with Crippen LogP contribution in [0.2, 0.25) is 5.15 Å². The zero-order chi connectivity index (χ0) is 13.4. The van der Waals surface area contributed by atoms with Gasteiger partial charge in [0.15, 0.2) is 0 Å². The van der Waals surface area contributed by atoms with Crippen LogP contribution in [0.4, 0.5) is 5.82 Å². The Morgan fingerprint density at radius 2 is 1.84 bits per heavy atom. The first-order valence-electron chi connectivity index (χ1n) is 5.94. The molecule has 0 saturated carbocycles. The van der Waals surface area contributed by atoms with Crippen molar-refractivity contribution in [3.05, 3.63) is 47.7 Å². The van der Waals surface area contributed by atoms with Gasteiger partial charge in [0.2, 0.25) is 5.95 Å². The molecule has 2 aromatic heterocycles. The van der Waals surface area contributed by atoms with Crippen molar-refractivity contribution in [3.63, 3.8) is 0 Å². The highest BCUT2D eigenvalue weighted by molar-refractivity contribution is 6.29.